The zero-order chi connectivity index (χ0) is 8.48. The van der Waals surface area contributed by atoms with E-state index in [0.717, 1.165) is 0 Å². The Bertz CT molecular complexity index is 197. The standard InChI is InChI=1S/C6H9NO4/c8-5(9)6(1-2-6)3-4-7(10)11/h1-4H2,(H,8,9). The van der Waals surface area contributed by atoms with Crippen molar-refractivity contribution in [3.63, 3.8) is 0 Å². The van der Waals surface area contributed by atoms with E-state index in [1.807, 2.05) is 0 Å². The van der Waals surface area contributed by atoms with Crippen LogP contribution in [0.4, 0.5) is 0 Å². The van der Waals surface area contributed by atoms with Crippen LogP contribution in [0.5, 0.6) is 0 Å². The van der Waals surface area contributed by atoms with Crippen molar-refractivity contribution in [3.05, 3.63) is 10.1 Å². The molecule has 0 aliphatic heterocycles. The van der Waals surface area contributed by atoms with Crippen LogP contribution in [-0.4, -0.2) is 22.5 Å². The maximum Gasteiger partial charge on any atom is 0.309 e. The van der Waals surface area contributed by atoms with Gasteiger partial charge in [0.15, 0.2) is 0 Å². The van der Waals surface area contributed by atoms with Gasteiger partial charge in [0.05, 0.1) is 5.41 Å². The van der Waals surface area contributed by atoms with Crippen LogP contribution in [0.3, 0.4) is 0 Å². The van der Waals surface area contributed by atoms with Crippen LogP contribution in [-0.2, 0) is 4.79 Å². The van der Waals surface area contributed by atoms with Gasteiger partial charge in [-0.05, 0) is 12.8 Å². The Morgan fingerprint density at radius 1 is 1.64 bits per heavy atom. The Balaban J connectivity index is 2.36. The normalized spacial score (nSPS) is 19.3. The van der Waals surface area contributed by atoms with Gasteiger partial charge in [0.25, 0.3) is 0 Å². The zero-order valence-corrected chi connectivity index (χ0v) is 5.95. The topological polar surface area (TPSA) is 80.4 Å². The van der Waals surface area contributed by atoms with Gasteiger partial charge in [0.1, 0.15) is 0 Å². The van der Waals surface area contributed by atoms with Crippen molar-refractivity contribution in [2.75, 3.05) is 6.54 Å². The largest absolute Gasteiger partial charge is 0.481 e. The van der Waals surface area contributed by atoms with Gasteiger partial charge in [-0.25, -0.2) is 0 Å². The summed E-state index contributed by atoms with van der Waals surface area (Å²) in [4.78, 5) is 19.9. The number of carbonyl (C=O) groups is 1. The molecular weight excluding hydrogens is 150 g/mol. The lowest BCUT2D eigenvalue weighted by Crippen LogP contribution is -2.18. The molecule has 62 valence electrons. The van der Waals surface area contributed by atoms with Crippen molar-refractivity contribution in [1.82, 2.24) is 0 Å². The van der Waals surface area contributed by atoms with Crippen molar-refractivity contribution in [2.24, 2.45) is 5.41 Å². The molecule has 0 atom stereocenters. The summed E-state index contributed by atoms with van der Waals surface area (Å²) in [7, 11) is 0. The number of carboxylic acid groups (broad SMARTS) is 1. The molecule has 5 heteroatoms. The van der Waals surface area contributed by atoms with E-state index in [2.05, 4.69) is 0 Å². The first kappa shape index (κ1) is 7.97. The van der Waals surface area contributed by atoms with Gasteiger partial charge in [-0.1, -0.05) is 0 Å². The van der Waals surface area contributed by atoms with Crippen molar-refractivity contribution in [2.45, 2.75) is 19.3 Å². The smallest absolute Gasteiger partial charge is 0.309 e. The Hall–Kier alpha value is -1.13. The van der Waals surface area contributed by atoms with E-state index in [1.165, 1.54) is 0 Å². The number of aliphatic carboxylic acids is 1. The maximum atomic E-state index is 10.5. The van der Waals surface area contributed by atoms with Crippen LogP contribution in [0.15, 0.2) is 0 Å². The average molecular weight is 159 g/mol. The summed E-state index contributed by atoms with van der Waals surface area (Å²) in [5.41, 5.74) is -0.743. The molecule has 0 radical (unpaired) electrons. The lowest BCUT2D eigenvalue weighted by molar-refractivity contribution is -0.481. The SMILES string of the molecule is O=C(O)C1(CC[N+](=O)[O-])CC1. The molecule has 1 N–H and O–H groups in total. The highest BCUT2D eigenvalue weighted by Gasteiger charge is 2.50. The first-order valence-corrected chi connectivity index (χ1v) is 3.42. The molecule has 1 aliphatic carbocycles. The average Bonchev–Trinajstić information content (AvgIpc) is 2.63. The molecule has 0 aromatic rings. The summed E-state index contributed by atoms with van der Waals surface area (Å²) in [5.74, 6) is -0.889. The molecule has 1 aliphatic rings. The summed E-state index contributed by atoms with van der Waals surface area (Å²) >= 11 is 0. The van der Waals surface area contributed by atoms with Gasteiger partial charge >= 0.3 is 5.97 Å². The summed E-state index contributed by atoms with van der Waals surface area (Å²) in [6.07, 6.45) is 1.36. The molecule has 1 rings (SSSR count). The molecule has 0 saturated heterocycles. The number of hydrogen-bond acceptors (Lipinski definition) is 3. The van der Waals surface area contributed by atoms with Gasteiger partial charge in [0, 0.05) is 11.3 Å². The summed E-state index contributed by atoms with van der Waals surface area (Å²) in [6, 6.07) is 0. The molecule has 0 unspecified atom stereocenters. The highest BCUT2D eigenvalue weighted by molar-refractivity contribution is 5.77. The molecule has 0 bridgehead atoms. The molecular formula is C6H9NO4. The van der Waals surface area contributed by atoms with Crippen LogP contribution >= 0.6 is 0 Å². The number of carboxylic acids is 1. The fourth-order valence-corrected chi connectivity index (χ4v) is 1.03. The minimum atomic E-state index is -0.889. The second-order valence-electron chi connectivity index (χ2n) is 2.89. The van der Waals surface area contributed by atoms with Crippen molar-refractivity contribution in [3.8, 4) is 0 Å². The van der Waals surface area contributed by atoms with Crippen LogP contribution in [0.2, 0.25) is 0 Å². The lowest BCUT2D eigenvalue weighted by Gasteiger charge is -2.03. The van der Waals surface area contributed by atoms with E-state index in [1.54, 1.807) is 0 Å². The lowest BCUT2D eigenvalue weighted by atomic mass is 10.0. The molecule has 0 aromatic heterocycles. The van der Waals surface area contributed by atoms with Gasteiger partial charge in [-0.2, -0.15) is 0 Å². The highest BCUT2D eigenvalue weighted by atomic mass is 16.6. The molecule has 0 amide bonds. The van der Waals surface area contributed by atoms with Crippen LogP contribution in [0, 0.1) is 15.5 Å². The second kappa shape index (κ2) is 2.48. The van der Waals surface area contributed by atoms with E-state index < -0.39 is 16.3 Å². The molecule has 1 fully saturated rings. The number of nitrogens with zero attached hydrogens (tertiary/aromatic N) is 1. The van der Waals surface area contributed by atoms with Gasteiger partial charge in [-0.15, -0.1) is 0 Å². The van der Waals surface area contributed by atoms with Gasteiger partial charge < -0.3 is 5.11 Å². The van der Waals surface area contributed by atoms with Crippen LogP contribution in [0.25, 0.3) is 0 Å². The number of rotatable bonds is 4. The fraction of sp³-hybridized carbons (Fsp3) is 0.833. The van der Waals surface area contributed by atoms with Gasteiger partial charge in [-0.3, -0.25) is 14.9 Å². The van der Waals surface area contributed by atoms with Crippen molar-refractivity contribution < 1.29 is 14.8 Å². The third-order valence-electron chi connectivity index (χ3n) is 2.08. The molecule has 0 aromatic carbocycles. The first-order chi connectivity index (χ1) is 5.07. The van der Waals surface area contributed by atoms with Gasteiger partial charge in [0.2, 0.25) is 6.54 Å². The summed E-state index contributed by atoms with van der Waals surface area (Å²) in [6.45, 7) is -0.230. The van der Waals surface area contributed by atoms with E-state index in [-0.39, 0.29) is 13.0 Å². The minimum Gasteiger partial charge on any atom is -0.481 e. The van der Waals surface area contributed by atoms with E-state index in [0.29, 0.717) is 12.8 Å². The Morgan fingerprint density at radius 3 is 2.45 bits per heavy atom. The summed E-state index contributed by atoms with van der Waals surface area (Å²) < 4.78 is 0. The molecule has 0 spiro atoms. The predicted octanol–water partition coefficient (Wildman–Crippen LogP) is 0.518. The molecule has 11 heavy (non-hydrogen) atoms. The Kier molecular flexibility index (Phi) is 1.80. The van der Waals surface area contributed by atoms with Crippen molar-refractivity contribution >= 4 is 5.97 Å². The maximum absolute atomic E-state index is 10.5. The first-order valence-electron chi connectivity index (χ1n) is 3.42. The molecule has 1 saturated carbocycles. The monoisotopic (exact) mass is 159 g/mol. The van der Waals surface area contributed by atoms with Crippen molar-refractivity contribution in [1.29, 1.82) is 0 Å². The van der Waals surface area contributed by atoms with E-state index >= 15 is 0 Å². The van der Waals surface area contributed by atoms with Crippen LogP contribution < -0.4 is 0 Å². The highest BCUT2D eigenvalue weighted by Crippen LogP contribution is 2.48. The molecule has 0 heterocycles. The number of hydrogen-bond donors (Lipinski definition) is 1. The fourth-order valence-electron chi connectivity index (χ4n) is 1.03. The predicted molar refractivity (Wildman–Crippen MR) is 35.8 cm³/mol. The quantitative estimate of drug-likeness (QED) is 0.479. The Labute approximate surface area is 63.2 Å². The third kappa shape index (κ3) is 1.66. The second-order valence-corrected chi connectivity index (χ2v) is 2.89. The number of nitro groups is 1. The Morgan fingerprint density at radius 2 is 2.18 bits per heavy atom. The zero-order valence-electron chi connectivity index (χ0n) is 5.95. The minimum absolute atomic E-state index is 0.176. The summed E-state index contributed by atoms with van der Waals surface area (Å²) in [5, 5.41) is 18.5. The van der Waals surface area contributed by atoms with E-state index in [9.17, 15) is 14.9 Å². The molecule has 5 nitrogen and oxygen atoms in total. The van der Waals surface area contributed by atoms with E-state index in [4.69, 9.17) is 5.11 Å². The third-order valence-corrected chi connectivity index (χ3v) is 2.08. The van der Waals surface area contributed by atoms with Crippen LogP contribution in [0.1, 0.15) is 19.3 Å².